The molecule has 57 heavy (non-hydrogen) atoms. The van der Waals surface area contributed by atoms with Crippen molar-refractivity contribution in [1.29, 1.82) is 0 Å². The molecule has 0 aromatic heterocycles. The van der Waals surface area contributed by atoms with Crippen molar-refractivity contribution in [1.82, 2.24) is 5.32 Å². The number of quaternary nitrogens is 1. The van der Waals surface area contributed by atoms with Crippen LogP contribution in [0.1, 0.15) is 174 Å². The van der Waals surface area contributed by atoms with Gasteiger partial charge in [-0.3, -0.25) is 13.8 Å². The number of likely N-dealkylation sites (N-methyl/N-ethyl adjacent to an activating group) is 1. The van der Waals surface area contributed by atoms with Crippen LogP contribution in [0.5, 0.6) is 0 Å². The quantitative estimate of drug-likeness (QED) is 0.0210. The maximum atomic E-state index is 12.9. The Morgan fingerprint density at radius 1 is 0.614 bits per heavy atom. The number of nitrogens with zero attached hydrogens (tertiary/aromatic N) is 1. The number of nitrogens with one attached hydrogen (secondary N) is 1. The summed E-state index contributed by atoms with van der Waals surface area (Å²) in [5.74, 6) is -0.288. The van der Waals surface area contributed by atoms with E-state index in [4.69, 9.17) is 9.05 Å². The molecule has 0 fully saturated rings. The number of hydrogen-bond donors (Lipinski definition) is 4. The first-order valence-corrected chi connectivity index (χ1v) is 24.2. The van der Waals surface area contributed by atoms with Crippen LogP contribution in [0.25, 0.3) is 0 Å². The van der Waals surface area contributed by atoms with Crippen molar-refractivity contribution < 1.29 is 38.0 Å². The lowest BCUT2D eigenvalue weighted by Gasteiger charge is -2.28. The third-order valence-corrected chi connectivity index (χ3v) is 10.8. The molecule has 0 rings (SSSR count). The Labute approximate surface area is 350 Å². The van der Waals surface area contributed by atoms with Crippen LogP contribution in [-0.2, 0) is 18.4 Å². The van der Waals surface area contributed by atoms with E-state index in [1.807, 2.05) is 21.1 Å². The number of phosphoric ester groups is 1. The van der Waals surface area contributed by atoms with E-state index in [0.717, 1.165) is 77.0 Å². The molecule has 0 spiro atoms. The van der Waals surface area contributed by atoms with Gasteiger partial charge in [0.1, 0.15) is 19.3 Å². The summed E-state index contributed by atoms with van der Waals surface area (Å²) in [4.78, 5) is 23.2. The van der Waals surface area contributed by atoms with Gasteiger partial charge in [-0.25, -0.2) is 4.57 Å². The number of aliphatic hydroxyl groups is 2. The molecule has 0 aliphatic carbocycles. The molecule has 0 aliphatic rings. The smallest absolute Gasteiger partial charge is 0.390 e. The Morgan fingerprint density at radius 3 is 1.61 bits per heavy atom. The van der Waals surface area contributed by atoms with Crippen molar-refractivity contribution in [3.63, 3.8) is 0 Å². The van der Waals surface area contributed by atoms with Gasteiger partial charge in [-0.05, 0) is 89.9 Å². The second-order valence-electron chi connectivity index (χ2n) is 16.5. The van der Waals surface area contributed by atoms with Gasteiger partial charge >= 0.3 is 7.82 Å². The molecule has 0 bridgehead atoms. The number of phosphoric acid groups is 1. The van der Waals surface area contributed by atoms with Crippen molar-refractivity contribution in [3.05, 3.63) is 60.8 Å². The zero-order valence-corrected chi connectivity index (χ0v) is 38.1. The fourth-order valence-electron chi connectivity index (χ4n) is 6.10. The molecule has 0 radical (unpaired) electrons. The summed E-state index contributed by atoms with van der Waals surface area (Å²) in [5, 5.41) is 24.6. The molecule has 9 nitrogen and oxygen atoms in total. The van der Waals surface area contributed by atoms with Crippen LogP contribution in [0.2, 0.25) is 0 Å². The Morgan fingerprint density at radius 2 is 1.05 bits per heavy atom. The first-order valence-electron chi connectivity index (χ1n) is 22.7. The van der Waals surface area contributed by atoms with E-state index in [0.29, 0.717) is 30.3 Å². The molecule has 0 heterocycles. The van der Waals surface area contributed by atoms with E-state index in [-0.39, 0.29) is 18.9 Å². The summed E-state index contributed by atoms with van der Waals surface area (Å²) in [6.45, 7) is 4.50. The summed E-state index contributed by atoms with van der Waals surface area (Å²) in [5.41, 5.74) is 0. The summed E-state index contributed by atoms with van der Waals surface area (Å²) in [6, 6.07) is -1.06. The van der Waals surface area contributed by atoms with Gasteiger partial charge < -0.3 is 24.9 Å². The maximum Gasteiger partial charge on any atom is 0.472 e. The second-order valence-corrected chi connectivity index (χ2v) is 18.0. The van der Waals surface area contributed by atoms with Gasteiger partial charge in [0.15, 0.2) is 0 Å². The van der Waals surface area contributed by atoms with Gasteiger partial charge in [0.05, 0.1) is 39.9 Å². The molecular weight excluding hydrogens is 735 g/mol. The lowest BCUT2D eigenvalue weighted by molar-refractivity contribution is -0.870. The first-order chi connectivity index (χ1) is 27.4. The van der Waals surface area contributed by atoms with Crippen LogP contribution >= 0.6 is 7.82 Å². The van der Waals surface area contributed by atoms with Gasteiger partial charge in [-0.1, -0.05) is 139 Å². The molecule has 0 aliphatic heterocycles. The number of carbonyl (C=O) groups is 1. The molecule has 0 aromatic rings. The van der Waals surface area contributed by atoms with E-state index >= 15 is 0 Å². The number of rotatable bonds is 40. The highest BCUT2D eigenvalue weighted by molar-refractivity contribution is 7.47. The summed E-state index contributed by atoms with van der Waals surface area (Å²) in [7, 11) is 1.39. The minimum atomic E-state index is -4.43. The summed E-state index contributed by atoms with van der Waals surface area (Å²) >= 11 is 0. The average molecular weight is 824 g/mol. The van der Waals surface area contributed by atoms with Gasteiger partial charge in [0, 0.05) is 6.42 Å². The number of hydrogen-bond acceptors (Lipinski definition) is 6. The molecule has 4 unspecified atom stereocenters. The molecule has 10 heteroatoms. The predicted octanol–water partition coefficient (Wildman–Crippen LogP) is 11.6. The van der Waals surface area contributed by atoms with Crippen LogP contribution in [-0.4, -0.2) is 84.6 Å². The van der Waals surface area contributed by atoms with Crippen LogP contribution in [0.3, 0.4) is 0 Å². The first kappa shape index (κ1) is 55.2. The molecular formula is C47H88N2O7P+. The van der Waals surface area contributed by atoms with E-state index in [9.17, 15) is 24.5 Å². The standard InChI is InChI=1S/C47H87N2O7P/c1-6-8-10-12-14-16-18-20-21-22-23-24-25-26-27-28-30-32-34-36-38-40-46(51)48-44(43-56-57(53,54)55-42-41-49(3,4)5)47(52)45(50)39-37-35-33-31-29-19-17-15-13-11-9-7-2/h15,17-18,20,22-23,25-26,31,33,44-45,47,50,52H,6-14,16,19,21,24,27-30,32,34-43H2,1-5H3,(H-,48,51,53,54)/p+1/b17-15+,20-18-,23-22-,26-25-,33-31+. The SMILES string of the molecule is CCCCC/C=C/CC/C=C/CCCC(O)C(O)C(COP(=O)(O)OCC[N+](C)(C)C)NC(=O)CCCCCCCC/C=C\C/C=C\C/C=C\CCCCCCC. The minimum Gasteiger partial charge on any atom is -0.390 e. The third-order valence-electron chi connectivity index (χ3n) is 9.81. The summed E-state index contributed by atoms with van der Waals surface area (Å²) < 4.78 is 23.5. The molecule has 4 atom stereocenters. The Kier molecular flexibility index (Phi) is 37.1. The number of unbranched alkanes of at least 4 members (excludes halogenated alkanes) is 16. The fraction of sp³-hybridized carbons (Fsp3) is 0.766. The van der Waals surface area contributed by atoms with Crippen molar-refractivity contribution in [2.75, 3.05) is 40.9 Å². The van der Waals surface area contributed by atoms with Gasteiger partial charge in [-0.15, -0.1) is 0 Å². The maximum absolute atomic E-state index is 12.9. The normalized spacial score (nSPS) is 15.4. The Balaban J connectivity index is 4.53. The van der Waals surface area contributed by atoms with E-state index in [1.54, 1.807) is 0 Å². The molecule has 0 saturated carbocycles. The summed E-state index contributed by atoms with van der Waals surface area (Å²) in [6.07, 6.45) is 45.7. The Hall–Kier alpha value is -1.84. The van der Waals surface area contributed by atoms with E-state index in [1.165, 1.54) is 57.8 Å². The van der Waals surface area contributed by atoms with E-state index in [2.05, 4.69) is 79.9 Å². The van der Waals surface area contributed by atoms with Crippen molar-refractivity contribution in [2.24, 2.45) is 0 Å². The average Bonchev–Trinajstić information content (AvgIpc) is 3.16. The largest absolute Gasteiger partial charge is 0.472 e. The van der Waals surface area contributed by atoms with Gasteiger partial charge in [-0.2, -0.15) is 0 Å². The van der Waals surface area contributed by atoms with Crippen molar-refractivity contribution in [3.8, 4) is 0 Å². The second kappa shape index (κ2) is 38.4. The lowest BCUT2D eigenvalue weighted by Crippen LogP contribution is -2.51. The van der Waals surface area contributed by atoms with Crippen LogP contribution < -0.4 is 5.32 Å². The topological polar surface area (TPSA) is 125 Å². The predicted molar refractivity (Wildman–Crippen MR) is 241 cm³/mol. The fourth-order valence-corrected chi connectivity index (χ4v) is 6.84. The number of amides is 1. The molecule has 1 amide bonds. The number of carbonyl (C=O) groups excluding carboxylic acids is 1. The lowest BCUT2D eigenvalue weighted by atomic mass is 10.0. The monoisotopic (exact) mass is 824 g/mol. The third kappa shape index (κ3) is 39.4. The number of allylic oxidation sites excluding steroid dienone is 10. The van der Waals surface area contributed by atoms with Gasteiger partial charge in [0.2, 0.25) is 5.91 Å². The van der Waals surface area contributed by atoms with Crippen molar-refractivity contribution >= 4 is 13.7 Å². The highest BCUT2D eigenvalue weighted by Crippen LogP contribution is 2.43. The number of aliphatic hydroxyl groups excluding tert-OH is 2. The zero-order chi connectivity index (χ0) is 42.3. The van der Waals surface area contributed by atoms with Gasteiger partial charge in [0.25, 0.3) is 0 Å². The molecule has 4 N–H and O–H groups in total. The molecule has 332 valence electrons. The molecule has 0 aromatic carbocycles. The Bertz CT molecular complexity index is 1130. The van der Waals surface area contributed by atoms with Crippen LogP contribution in [0.4, 0.5) is 0 Å². The van der Waals surface area contributed by atoms with Crippen LogP contribution in [0, 0.1) is 0 Å². The highest BCUT2D eigenvalue weighted by Gasteiger charge is 2.31. The highest BCUT2D eigenvalue weighted by atomic mass is 31.2. The van der Waals surface area contributed by atoms with Crippen LogP contribution in [0.15, 0.2) is 60.8 Å². The van der Waals surface area contributed by atoms with Crippen molar-refractivity contribution in [2.45, 2.75) is 193 Å². The molecule has 0 saturated heterocycles. The zero-order valence-electron chi connectivity index (χ0n) is 37.2. The minimum absolute atomic E-state index is 0.00813. The van der Waals surface area contributed by atoms with E-state index < -0.39 is 32.7 Å².